The highest BCUT2D eigenvalue weighted by Crippen LogP contribution is 2.32. The molecule has 0 saturated carbocycles. The number of nitrogens with one attached hydrogen (secondary N) is 1. The molecule has 0 radical (unpaired) electrons. The van der Waals surface area contributed by atoms with Gasteiger partial charge in [0, 0.05) is 24.0 Å². The summed E-state index contributed by atoms with van der Waals surface area (Å²) in [6, 6.07) is 9.82. The lowest BCUT2D eigenvalue weighted by Crippen LogP contribution is -2.27. The molecule has 140 valence electrons. The molecule has 3 rings (SSSR count). The lowest BCUT2D eigenvalue weighted by molar-refractivity contribution is -0.118. The third kappa shape index (κ3) is 4.31. The second kappa shape index (κ2) is 9.01. The number of nitrogens with zero attached hydrogens (tertiary/aromatic N) is 2. The molecule has 0 fully saturated rings. The molecule has 2 heterocycles. The first-order valence-corrected chi connectivity index (χ1v) is 10.6. The number of rotatable bonds is 8. The Morgan fingerprint density at radius 2 is 2.15 bits per heavy atom. The van der Waals surface area contributed by atoms with Gasteiger partial charge in [0.05, 0.1) is 11.1 Å². The molecular formula is C20H21N3O2S2. The quantitative estimate of drug-likeness (QED) is 0.354. The number of allylic oxidation sites excluding steroid dienone is 1. The van der Waals surface area contributed by atoms with Gasteiger partial charge in [-0.3, -0.25) is 14.2 Å². The van der Waals surface area contributed by atoms with E-state index in [-0.39, 0.29) is 17.2 Å². The van der Waals surface area contributed by atoms with Crippen LogP contribution in [0.4, 0.5) is 0 Å². The van der Waals surface area contributed by atoms with Gasteiger partial charge in [0.15, 0.2) is 5.16 Å². The van der Waals surface area contributed by atoms with Gasteiger partial charge in [-0.15, -0.1) is 17.9 Å². The highest BCUT2D eigenvalue weighted by molar-refractivity contribution is 7.99. The molecule has 5 nitrogen and oxygen atoms in total. The van der Waals surface area contributed by atoms with Crippen LogP contribution in [-0.4, -0.2) is 27.8 Å². The van der Waals surface area contributed by atoms with Gasteiger partial charge in [0.2, 0.25) is 5.91 Å². The largest absolute Gasteiger partial charge is 0.355 e. The third-order valence-corrected chi connectivity index (χ3v) is 5.81. The standard InChI is InChI=1S/C20H21N3O2S2/c1-3-10-21-16(24)13-27-20-22-18-17(19(25)23(20)11-4-2)15(12-26-18)14-8-6-5-7-9-14/h4-9,12H,2-3,10-11,13H2,1H3,(H,21,24). The fourth-order valence-electron chi connectivity index (χ4n) is 2.68. The lowest BCUT2D eigenvalue weighted by Gasteiger charge is -2.11. The Hall–Kier alpha value is -2.38. The number of aromatic nitrogens is 2. The van der Waals surface area contributed by atoms with Crippen molar-refractivity contribution >= 4 is 39.2 Å². The van der Waals surface area contributed by atoms with Crippen LogP contribution in [0, 0.1) is 0 Å². The minimum Gasteiger partial charge on any atom is -0.355 e. The van der Waals surface area contributed by atoms with E-state index in [2.05, 4.69) is 16.9 Å². The zero-order valence-electron chi connectivity index (χ0n) is 15.1. The fraction of sp³-hybridized carbons (Fsp3) is 0.250. The molecule has 27 heavy (non-hydrogen) atoms. The van der Waals surface area contributed by atoms with Crippen molar-refractivity contribution in [3.05, 3.63) is 58.7 Å². The molecule has 7 heteroatoms. The summed E-state index contributed by atoms with van der Waals surface area (Å²) in [6.07, 6.45) is 2.56. The summed E-state index contributed by atoms with van der Waals surface area (Å²) in [4.78, 5) is 30.5. The number of thioether (sulfide) groups is 1. The summed E-state index contributed by atoms with van der Waals surface area (Å²) >= 11 is 2.73. The number of benzene rings is 1. The van der Waals surface area contributed by atoms with E-state index in [9.17, 15) is 9.59 Å². The van der Waals surface area contributed by atoms with Gasteiger partial charge in [-0.25, -0.2) is 4.98 Å². The Balaban J connectivity index is 2.01. The zero-order chi connectivity index (χ0) is 19.2. The molecule has 1 N–H and O–H groups in total. The van der Waals surface area contributed by atoms with E-state index in [0.717, 1.165) is 17.5 Å². The van der Waals surface area contributed by atoms with Crippen LogP contribution in [0.25, 0.3) is 21.3 Å². The van der Waals surface area contributed by atoms with Crippen LogP contribution in [0.5, 0.6) is 0 Å². The molecule has 0 saturated heterocycles. The predicted octanol–water partition coefficient (Wildman–Crippen LogP) is 3.93. The minimum absolute atomic E-state index is 0.0579. The van der Waals surface area contributed by atoms with Crippen molar-refractivity contribution in [3.8, 4) is 11.1 Å². The molecule has 0 aliphatic carbocycles. The first kappa shape index (κ1) is 19.4. The summed E-state index contributed by atoms with van der Waals surface area (Å²) in [6.45, 7) is 6.76. The maximum Gasteiger partial charge on any atom is 0.263 e. The van der Waals surface area contributed by atoms with Crippen molar-refractivity contribution in [1.82, 2.24) is 14.9 Å². The monoisotopic (exact) mass is 399 g/mol. The third-order valence-electron chi connectivity index (χ3n) is 3.96. The van der Waals surface area contributed by atoms with E-state index in [0.29, 0.717) is 28.5 Å². The summed E-state index contributed by atoms with van der Waals surface area (Å²) in [5, 5.41) is 5.97. The highest BCUT2D eigenvalue weighted by Gasteiger charge is 2.17. The van der Waals surface area contributed by atoms with Crippen molar-refractivity contribution in [1.29, 1.82) is 0 Å². The lowest BCUT2D eigenvalue weighted by atomic mass is 10.1. The van der Waals surface area contributed by atoms with Crippen molar-refractivity contribution in [3.63, 3.8) is 0 Å². The molecular weight excluding hydrogens is 378 g/mol. The average Bonchev–Trinajstić information content (AvgIpc) is 3.12. The SMILES string of the molecule is C=CCn1c(SCC(=O)NCCC)nc2scc(-c3ccccc3)c2c1=O. The van der Waals surface area contributed by atoms with Crippen LogP contribution in [0.15, 0.2) is 58.3 Å². The summed E-state index contributed by atoms with van der Waals surface area (Å²) < 4.78 is 1.59. The average molecular weight is 400 g/mol. The van der Waals surface area contributed by atoms with Gasteiger partial charge in [0.1, 0.15) is 4.83 Å². The normalized spacial score (nSPS) is 10.9. The van der Waals surface area contributed by atoms with E-state index in [1.807, 2.05) is 42.6 Å². The molecule has 0 bridgehead atoms. The summed E-state index contributed by atoms with van der Waals surface area (Å²) in [5.74, 6) is 0.170. The predicted molar refractivity (Wildman–Crippen MR) is 114 cm³/mol. The molecule has 0 aliphatic rings. The number of fused-ring (bicyclic) bond motifs is 1. The minimum atomic E-state index is -0.100. The molecule has 1 aromatic carbocycles. The maximum absolute atomic E-state index is 13.2. The highest BCUT2D eigenvalue weighted by atomic mass is 32.2. The molecule has 3 aromatic rings. The number of hydrogen-bond donors (Lipinski definition) is 1. The Bertz CT molecular complexity index is 1010. The second-order valence-corrected chi connectivity index (χ2v) is 7.73. The van der Waals surface area contributed by atoms with Crippen molar-refractivity contribution in [2.45, 2.75) is 25.0 Å². The summed E-state index contributed by atoms with van der Waals surface area (Å²) in [7, 11) is 0. The Kier molecular flexibility index (Phi) is 6.47. The number of amides is 1. The van der Waals surface area contributed by atoms with Crippen LogP contribution >= 0.6 is 23.1 Å². The second-order valence-electron chi connectivity index (χ2n) is 5.93. The van der Waals surface area contributed by atoms with Gasteiger partial charge >= 0.3 is 0 Å². The van der Waals surface area contributed by atoms with Crippen molar-refractivity contribution in [2.24, 2.45) is 0 Å². The van der Waals surface area contributed by atoms with Gasteiger partial charge in [0.25, 0.3) is 5.56 Å². The fourth-order valence-corrected chi connectivity index (χ4v) is 4.51. The van der Waals surface area contributed by atoms with Gasteiger partial charge in [-0.05, 0) is 12.0 Å². The van der Waals surface area contributed by atoms with Crippen LogP contribution in [0.3, 0.4) is 0 Å². The number of thiophene rings is 1. The van der Waals surface area contributed by atoms with Crippen LogP contribution in [-0.2, 0) is 11.3 Å². The van der Waals surface area contributed by atoms with Crippen LogP contribution in [0.1, 0.15) is 13.3 Å². The molecule has 0 aliphatic heterocycles. The first-order valence-electron chi connectivity index (χ1n) is 8.73. The van der Waals surface area contributed by atoms with E-state index < -0.39 is 0 Å². The number of carbonyl (C=O) groups excluding carboxylic acids is 1. The van der Waals surface area contributed by atoms with E-state index in [1.165, 1.54) is 23.1 Å². The Morgan fingerprint density at radius 1 is 1.37 bits per heavy atom. The maximum atomic E-state index is 13.2. The van der Waals surface area contributed by atoms with Crippen LogP contribution in [0.2, 0.25) is 0 Å². The Morgan fingerprint density at radius 3 is 2.85 bits per heavy atom. The number of carbonyl (C=O) groups is 1. The van der Waals surface area contributed by atoms with Crippen molar-refractivity contribution in [2.75, 3.05) is 12.3 Å². The summed E-state index contributed by atoms with van der Waals surface area (Å²) in [5.41, 5.74) is 1.78. The van der Waals surface area contributed by atoms with E-state index in [4.69, 9.17) is 0 Å². The molecule has 1 amide bonds. The van der Waals surface area contributed by atoms with E-state index in [1.54, 1.807) is 10.6 Å². The Labute approximate surface area is 166 Å². The van der Waals surface area contributed by atoms with Crippen LogP contribution < -0.4 is 10.9 Å². The van der Waals surface area contributed by atoms with Gasteiger partial charge in [-0.2, -0.15) is 0 Å². The topological polar surface area (TPSA) is 64.0 Å². The zero-order valence-corrected chi connectivity index (χ0v) is 16.7. The van der Waals surface area contributed by atoms with E-state index >= 15 is 0 Å². The molecule has 0 spiro atoms. The molecule has 0 atom stereocenters. The molecule has 2 aromatic heterocycles. The van der Waals surface area contributed by atoms with Crippen molar-refractivity contribution < 1.29 is 4.79 Å². The number of hydrogen-bond acceptors (Lipinski definition) is 5. The molecule has 0 unspecified atom stereocenters. The van der Waals surface area contributed by atoms with Gasteiger partial charge < -0.3 is 5.32 Å². The van der Waals surface area contributed by atoms with Gasteiger partial charge in [-0.1, -0.05) is 55.1 Å². The smallest absolute Gasteiger partial charge is 0.263 e. The first-order chi connectivity index (χ1) is 13.2.